The fraction of sp³-hybridized carbons (Fsp3) is 0.571. The minimum Gasteiger partial charge on any atom is -0.330 e. The van der Waals surface area contributed by atoms with Gasteiger partial charge in [-0.3, -0.25) is 4.90 Å². The minimum absolute atomic E-state index is 0.745. The van der Waals surface area contributed by atoms with E-state index in [2.05, 4.69) is 23.1 Å². The molecule has 1 saturated heterocycles. The average Bonchev–Trinajstić information content (AvgIpc) is 2.69. The molecular weight excluding hydrogens is 196 g/mol. The Bertz CT molecular complexity index is 380. The Morgan fingerprint density at radius 3 is 2.81 bits per heavy atom. The second-order valence-corrected chi connectivity index (χ2v) is 5.25. The van der Waals surface area contributed by atoms with Crippen LogP contribution in [0.25, 0.3) is 0 Å². The van der Waals surface area contributed by atoms with E-state index >= 15 is 0 Å². The number of hydrogen-bond donors (Lipinski definition) is 1. The van der Waals surface area contributed by atoms with Crippen molar-refractivity contribution in [2.45, 2.75) is 25.8 Å². The molecule has 3 rings (SSSR count). The van der Waals surface area contributed by atoms with E-state index in [0.29, 0.717) is 0 Å². The van der Waals surface area contributed by atoms with Gasteiger partial charge in [-0.15, -0.1) is 0 Å². The van der Waals surface area contributed by atoms with Crippen molar-refractivity contribution in [1.29, 1.82) is 0 Å². The first kappa shape index (κ1) is 10.3. The van der Waals surface area contributed by atoms with Crippen LogP contribution in [0.3, 0.4) is 0 Å². The summed E-state index contributed by atoms with van der Waals surface area (Å²) in [7, 11) is 0. The van der Waals surface area contributed by atoms with E-state index in [1.807, 2.05) is 0 Å². The topological polar surface area (TPSA) is 29.3 Å². The fourth-order valence-corrected chi connectivity index (χ4v) is 2.94. The Labute approximate surface area is 97.4 Å². The van der Waals surface area contributed by atoms with Gasteiger partial charge in [0.2, 0.25) is 0 Å². The molecule has 1 heterocycles. The third kappa shape index (κ3) is 1.87. The predicted molar refractivity (Wildman–Crippen MR) is 66.3 cm³/mol. The number of fused-ring (bicyclic) bond motifs is 1. The summed E-state index contributed by atoms with van der Waals surface area (Å²) >= 11 is 0. The van der Waals surface area contributed by atoms with Gasteiger partial charge in [0.15, 0.2) is 0 Å². The van der Waals surface area contributed by atoms with Gasteiger partial charge >= 0.3 is 0 Å². The van der Waals surface area contributed by atoms with Crippen LogP contribution < -0.4 is 5.73 Å². The quantitative estimate of drug-likeness (QED) is 0.831. The molecule has 0 aromatic heterocycles. The highest BCUT2D eigenvalue weighted by molar-refractivity contribution is 5.35. The highest BCUT2D eigenvalue weighted by Crippen LogP contribution is 2.24. The maximum Gasteiger partial charge on any atom is 0.0234 e. The first-order valence-electron chi connectivity index (χ1n) is 6.38. The van der Waals surface area contributed by atoms with Crippen LogP contribution in [0, 0.1) is 5.92 Å². The molecular formula is C14H20N2. The average molecular weight is 216 g/mol. The molecule has 2 aliphatic rings. The lowest BCUT2D eigenvalue weighted by atomic mass is 9.98. The summed E-state index contributed by atoms with van der Waals surface area (Å²) in [6, 6.07) is 7.05. The van der Waals surface area contributed by atoms with Crippen molar-refractivity contribution in [3.05, 3.63) is 34.9 Å². The van der Waals surface area contributed by atoms with Crippen molar-refractivity contribution in [1.82, 2.24) is 4.90 Å². The number of aryl methyl sites for hydroxylation is 2. The number of nitrogens with zero attached hydrogens (tertiary/aromatic N) is 1. The number of rotatable bonds is 3. The third-order valence-electron chi connectivity index (χ3n) is 3.94. The van der Waals surface area contributed by atoms with Crippen molar-refractivity contribution in [3.63, 3.8) is 0 Å². The summed E-state index contributed by atoms with van der Waals surface area (Å²) in [5.41, 5.74) is 10.3. The molecule has 1 aliphatic heterocycles. The highest BCUT2D eigenvalue weighted by Gasteiger charge is 2.25. The SMILES string of the molecule is NCC1CN(Cc2ccc3c(c2)CCC3)C1. The van der Waals surface area contributed by atoms with E-state index in [0.717, 1.165) is 19.0 Å². The molecule has 0 saturated carbocycles. The van der Waals surface area contributed by atoms with E-state index in [1.54, 1.807) is 11.1 Å². The number of hydrogen-bond acceptors (Lipinski definition) is 2. The highest BCUT2D eigenvalue weighted by atomic mass is 15.2. The van der Waals surface area contributed by atoms with Crippen molar-refractivity contribution < 1.29 is 0 Å². The molecule has 2 heteroatoms. The van der Waals surface area contributed by atoms with Crippen molar-refractivity contribution >= 4 is 0 Å². The summed E-state index contributed by atoms with van der Waals surface area (Å²) < 4.78 is 0. The Balaban J connectivity index is 1.63. The van der Waals surface area contributed by atoms with Crippen LogP contribution in [0.2, 0.25) is 0 Å². The number of nitrogens with two attached hydrogens (primary N) is 1. The lowest BCUT2D eigenvalue weighted by molar-refractivity contribution is 0.0979. The van der Waals surface area contributed by atoms with Gasteiger partial charge in [0.25, 0.3) is 0 Å². The van der Waals surface area contributed by atoms with E-state index in [-0.39, 0.29) is 0 Å². The van der Waals surface area contributed by atoms with Gasteiger partial charge in [-0.2, -0.15) is 0 Å². The molecule has 1 aromatic rings. The molecule has 2 nitrogen and oxygen atoms in total. The van der Waals surface area contributed by atoms with E-state index in [1.165, 1.54) is 37.9 Å². The van der Waals surface area contributed by atoms with Gasteiger partial charge in [-0.05, 0) is 48.4 Å². The lowest BCUT2D eigenvalue weighted by Gasteiger charge is -2.38. The molecule has 1 aliphatic carbocycles. The molecule has 0 radical (unpaired) electrons. The van der Waals surface area contributed by atoms with Crippen LogP contribution in [-0.2, 0) is 19.4 Å². The van der Waals surface area contributed by atoms with Gasteiger partial charge < -0.3 is 5.73 Å². The van der Waals surface area contributed by atoms with Gasteiger partial charge in [0, 0.05) is 19.6 Å². The molecule has 1 fully saturated rings. The van der Waals surface area contributed by atoms with Gasteiger partial charge in [-0.25, -0.2) is 0 Å². The minimum atomic E-state index is 0.745. The maximum absolute atomic E-state index is 5.64. The summed E-state index contributed by atoms with van der Waals surface area (Å²) in [5.74, 6) is 0.745. The Morgan fingerprint density at radius 2 is 2.00 bits per heavy atom. The van der Waals surface area contributed by atoms with Gasteiger partial charge in [0.05, 0.1) is 0 Å². The summed E-state index contributed by atoms with van der Waals surface area (Å²) in [6.45, 7) is 4.34. The molecule has 0 amide bonds. The van der Waals surface area contributed by atoms with E-state index in [9.17, 15) is 0 Å². The van der Waals surface area contributed by atoms with Crippen LogP contribution >= 0.6 is 0 Å². The van der Waals surface area contributed by atoms with Crippen molar-refractivity contribution in [3.8, 4) is 0 Å². The Hall–Kier alpha value is -0.860. The zero-order valence-corrected chi connectivity index (χ0v) is 9.78. The van der Waals surface area contributed by atoms with E-state index < -0.39 is 0 Å². The second-order valence-electron chi connectivity index (χ2n) is 5.25. The lowest BCUT2D eigenvalue weighted by Crippen LogP contribution is -2.49. The van der Waals surface area contributed by atoms with Crippen molar-refractivity contribution in [2.75, 3.05) is 19.6 Å². The number of likely N-dealkylation sites (tertiary alicyclic amines) is 1. The Morgan fingerprint density at radius 1 is 1.19 bits per heavy atom. The van der Waals surface area contributed by atoms with Crippen LogP contribution in [0.1, 0.15) is 23.1 Å². The van der Waals surface area contributed by atoms with Crippen LogP contribution in [0.15, 0.2) is 18.2 Å². The van der Waals surface area contributed by atoms with E-state index in [4.69, 9.17) is 5.73 Å². The molecule has 86 valence electrons. The van der Waals surface area contributed by atoms with Crippen LogP contribution in [0.5, 0.6) is 0 Å². The van der Waals surface area contributed by atoms with Gasteiger partial charge in [-0.1, -0.05) is 18.2 Å². The molecule has 0 spiro atoms. The predicted octanol–water partition coefficient (Wildman–Crippen LogP) is 1.57. The molecule has 0 atom stereocenters. The normalized spacial score (nSPS) is 20.8. The molecule has 2 N–H and O–H groups in total. The fourth-order valence-electron chi connectivity index (χ4n) is 2.94. The maximum atomic E-state index is 5.64. The third-order valence-corrected chi connectivity index (χ3v) is 3.94. The first-order valence-corrected chi connectivity index (χ1v) is 6.38. The van der Waals surface area contributed by atoms with Crippen LogP contribution in [0.4, 0.5) is 0 Å². The zero-order valence-electron chi connectivity index (χ0n) is 9.78. The standard InChI is InChI=1S/C14H20N2/c15-7-12-9-16(10-12)8-11-4-5-13-2-1-3-14(13)6-11/h4-6,12H,1-3,7-10,15H2. The van der Waals surface area contributed by atoms with Crippen LogP contribution in [-0.4, -0.2) is 24.5 Å². The molecule has 1 aromatic carbocycles. The molecule has 0 unspecified atom stereocenters. The Kier molecular flexibility index (Phi) is 2.70. The smallest absolute Gasteiger partial charge is 0.0234 e. The summed E-state index contributed by atoms with van der Waals surface area (Å²) in [4.78, 5) is 2.49. The second kappa shape index (κ2) is 4.19. The largest absolute Gasteiger partial charge is 0.330 e. The number of benzene rings is 1. The van der Waals surface area contributed by atoms with Crippen molar-refractivity contribution in [2.24, 2.45) is 11.7 Å². The summed E-state index contributed by atoms with van der Waals surface area (Å²) in [5, 5.41) is 0. The monoisotopic (exact) mass is 216 g/mol. The molecule has 16 heavy (non-hydrogen) atoms. The summed E-state index contributed by atoms with van der Waals surface area (Å²) in [6.07, 6.45) is 3.92. The first-order chi connectivity index (χ1) is 7.85. The molecule has 0 bridgehead atoms. The van der Waals surface area contributed by atoms with Gasteiger partial charge in [0.1, 0.15) is 0 Å². The zero-order chi connectivity index (χ0) is 11.0.